The van der Waals surface area contributed by atoms with Gasteiger partial charge in [0, 0.05) is 39.7 Å². The van der Waals surface area contributed by atoms with Crippen LogP contribution in [0.3, 0.4) is 0 Å². The molecule has 22 heavy (non-hydrogen) atoms. The van der Waals surface area contributed by atoms with Gasteiger partial charge >= 0.3 is 6.03 Å². The summed E-state index contributed by atoms with van der Waals surface area (Å²) in [5.74, 6) is 0. The zero-order chi connectivity index (χ0) is 15.5. The van der Waals surface area contributed by atoms with E-state index in [1.807, 2.05) is 31.3 Å². The Balaban J connectivity index is 1.54. The average molecular weight is 335 g/mol. The predicted octanol–water partition coefficient (Wildman–Crippen LogP) is 3.95. The van der Waals surface area contributed by atoms with Crippen molar-refractivity contribution in [3.63, 3.8) is 0 Å². The first-order valence-corrected chi connectivity index (χ1v) is 8.04. The lowest BCUT2D eigenvalue weighted by Gasteiger charge is -2.05. The summed E-state index contributed by atoms with van der Waals surface area (Å²) in [4.78, 5) is 20.1. The molecule has 3 N–H and O–H groups in total. The number of halogens is 1. The molecule has 3 aromatic rings. The number of benzene rings is 1. The van der Waals surface area contributed by atoms with Gasteiger partial charge in [-0.2, -0.15) is 0 Å². The van der Waals surface area contributed by atoms with E-state index in [0.717, 1.165) is 27.8 Å². The number of H-pyrrole nitrogens is 1. The second-order valence-corrected chi connectivity index (χ2v) is 6.58. The molecule has 7 heteroatoms. The van der Waals surface area contributed by atoms with Gasteiger partial charge in [-0.05, 0) is 31.0 Å². The molecule has 0 aliphatic rings. The van der Waals surface area contributed by atoms with E-state index in [9.17, 15) is 4.79 Å². The van der Waals surface area contributed by atoms with E-state index in [4.69, 9.17) is 11.6 Å². The second kappa shape index (κ2) is 6.37. The Hall–Kier alpha value is -2.05. The first kappa shape index (κ1) is 14.9. The molecular formula is C15H15ClN4OS. The Kier molecular flexibility index (Phi) is 4.31. The third-order valence-corrected chi connectivity index (χ3v) is 4.31. The highest BCUT2D eigenvalue weighted by atomic mass is 35.5. The van der Waals surface area contributed by atoms with E-state index >= 15 is 0 Å². The summed E-state index contributed by atoms with van der Waals surface area (Å²) >= 11 is 7.41. The van der Waals surface area contributed by atoms with Crippen LogP contribution in [0.1, 0.15) is 10.4 Å². The standard InChI is InChI=1S/C15H15ClN4OS/c1-9-7-19-15(22-9)20-14(21)17-5-4-10-8-18-13-6-11(16)2-3-12(10)13/h2-3,6-8,18H,4-5H2,1H3,(H2,17,19,20,21). The Morgan fingerprint density at radius 2 is 2.32 bits per heavy atom. The lowest BCUT2D eigenvalue weighted by Crippen LogP contribution is -2.30. The molecule has 2 heterocycles. The van der Waals surface area contributed by atoms with Gasteiger partial charge in [0.05, 0.1) is 0 Å². The van der Waals surface area contributed by atoms with Gasteiger partial charge in [0.15, 0.2) is 5.13 Å². The minimum Gasteiger partial charge on any atom is -0.361 e. The summed E-state index contributed by atoms with van der Waals surface area (Å²) in [6, 6.07) is 5.51. The molecule has 0 saturated heterocycles. The smallest absolute Gasteiger partial charge is 0.321 e. The fourth-order valence-electron chi connectivity index (χ4n) is 2.23. The highest BCUT2D eigenvalue weighted by Crippen LogP contribution is 2.22. The Morgan fingerprint density at radius 3 is 3.09 bits per heavy atom. The number of nitrogens with zero attached hydrogens (tertiary/aromatic N) is 1. The maximum atomic E-state index is 11.8. The zero-order valence-corrected chi connectivity index (χ0v) is 13.5. The molecule has 3 rings (SSSR count). The Morgan fingerprint density at radius 1 is 1.45 bits per heavy atom. The minimum atomic E-state index is -0.239. The van der Waals surface area contributed by atoms with Crippen LogP contribution in [-0.2, 0) is 6.42 Å². The van der Waals surface area contributed by atoms with Crippen LogP contribution in [-0.4, -0.2) is 22.5 Å². The summed E-state index contributed by atoms with van der Waals surface area (Å²) in [5.41, 5.74) is 2.15. The molecule has 0 saturated carbocycles. The van der Waals surface area contributed by atoms with Gasteiger partial charge in [-0.25, -0.2) is 9.78 Å². The van der Waals surface area contributed by atoms with E-state index in [-0.39, 0.29) is 6.03 Å². The van der Waals surface area contributed by atoms with Crippen LogP contribution in [0.5, 0.6) is 0 Å². The molecule has 2 amide bonds. The topological polar surface area (TPSA) is 69.8 Å². The lowest BCUT2D eigenvalue weighted by atomic mass is 10.1. The van der Waals surface area contributed by atoms with Crippen LogP contribution < -0.4 is 10.6 Å². The van der Waals surface area contributed by atoms with Crippen molar-refractivity contribution in [2.24, 2.45) is 0 Å². The van der Waals surface area contributed by atoms with Crippen LogP contribution >= 0.6 is 22.9 Å². The molecule has 0 aliphatic heterocycles. The SMILES string of the molecule is Cc1cnc(NC(=O)NCCc2c[nH]c3cc(Cl)ccc23)s1. The number of aromatic nitrogens is 2. The summed E-state index contributed by atoms with van der Waals surface area (Å²) < 4.78 is 0. The third kappa shape index (κ3) is 3.40. The van der Waals surface area contributed by atoms with Crippen molar-refractivity contribution in [1.29, 1.82) is 0 Å². The number of carbonyl (C=O) groups is 1. The number of amides is 2. The van der Waals surface area contributed by atoms with Crippen molar-refractivity contribution < 1.29 is 4.79 Å². The van der Waals surface area contributed by atoms with Gasteiger partial charge in [0.2, 0.25) is 0 Å². The largest absolute Gasteiger partial charge is 0.361 e. The summed E-state index contributed by atoms with van der Waals surface area (Å²) in [5, 5.41) is 7.99. The lowest BCUT2D eigenvalue weighted by molar-refractivity contribution is 0.252. The second-order valence-electron chi connectivity index (χ2n) is 4.91. The van der Waals surface area contributed by atoms with Crippen molar-refractivity contribution >= 4 is 45.0 Å². The fourth-order valence-corrected chi connectivity index (χ4v) is 3.06. The minimum absolute atomic E-state index is 0.239. The highest BCUT2D eigenvalue weighted by molar-refractivity contribution is 7.15. The zero-order valence-electron chi connectivity index (χ0n) is 11.9. The highest BCUT2D eigenvalue weighted by Gasteiger charge is 2.07. The molecule has 114 valence electrons. The number of aromatic amines is 1. The number of fused-ring (bicyclic) bond motifs is 1. The Labute approximate surface area is 136 Å². The number of anilines is 1. The van der Waals surface area contributed by atoms with Crippen LogP contribution in [0.2, 0.25) is 5.02 Å². The fraction of sp³-hybridized carbons (Fsp3) is 0.200. The molecule has 0 atom stereocenters. The number of urea groups is 1. The number of hydrogen-bond donors (Lipinski definition) is 3. The quantitative estimate of drug-likeness (QED) is 0.676. The number of aryl methyl sites for hydroxylation is 1. The molecule has 2 aromatic heterocycles. The summed E-state index contributed by atoms with van der Waals surface area (Å²) in [6.45, 7) is 2.50. The van der Waals surface area contributed by atoms with Crippen molar-refractivity contribution in [3.05, 3.63) is 46.1 Å². The summed E-state index contributed by atoms with van der Waals surface area (Å²) in [7, 11) is 0. The first-order valence-electron chi connectivity index (χ1n) is 6.84. The van der Waals surface area contributed by atoms with Crippen molar-refractivity contribution in [1.82, 2.24) is 15.3 Å². The van der Waals surface area contributed by atoms with Gasteiger partial charge in [0.1, 0.15) is 0 Å². The van der Waals surface area contributed by atoms with E-state index < -0.39 is 0 Å². The number of thiazole rings is 1. The molecule has 5 nitrogen and oxygen atoms in total. The van der Waals surface area contributed by atoms with Gasteiger partial charge < -0.3 is 10.3 Å². The molecule has 0 spiro atoms. The van der Waals surface area contributed by atoms with E-state index in [1.54, 1.807) is 6.20 Å². The van der Waals surface area contributed by atoms with Gasteiger partial charge in [-0.1, -0.05) is 17.7 Å². The maximum absolute atomic E-state index is 11.8. The number of nitrogens with one attached hydrogen (secondary N) is 3. The van der Waals surface area contributed by atoms with Crippen LogP contribution in [0.4, 0.5) is 9.93 Å². The average Bonchev–Trinajstić information content (AvgIpc) is 3.05. The molecule has 0 aliphatic carbocycles. The van der Waals surface area contributed by atoms with Crippen molar-refractivity contribution in [2.45, 2.75) is 13.3 Å². The summed E-state index contributed by atoms with van der Waals surface area (Å²) in [6.07, 6.45) is 4.42. The number of hydrogen-bond acceptors (Lipinski definition) is 3. The van der Waals surface area contributed by atoms with Gasteiger partial charge in [-0.3, -0.25) is 5.32 Å². The van der Waals surface area contributed by atoms with Crippen LogP contribution in [0.15, 0.2) is 30.6 Å². The van der Waals surface area contributed by atoms with Crippen LogP contribution in [0, 0.1) is 6.92 Å². The molecule has 0 radical (unpaired) electrons. The van der Waals surface area contributed by atoms with E-state index in [1.165, 1.54) is 11.3 Å². The molecule has 1 aromatic carbocycles. The third-order valence-electron chi connectivity index (χ3n) is 3.25. The first-order chi connectivity index (χ1) is 10.6. The van der Waals surface area contributed by atoms with Gasteiger partial charge in [0.25, 0.3) is 0 Å². The van der Waals surface area contributed by atoms with Crippen molar-refractivity contribution in [2.75, 3.05) is 11.9 Å². The predicted molar refractivity (Wildman–Crippen MR) is 90.9 cm³/mol. The molecule has 0 bridgehead atoms. The number of rotatable bonds is 4. The van der Waals surface area contributed by atoms with Gasteiger partial charge in [-0.15, -0.1) is 11.3 Å². The Bertz CT molecular complexity index is 811. The normalized spacial score (nSPS) is 10.8. The molecular weight excluding hydrogens is 320 g/mol. The molecule has 0 fully saturated rings. The maximum Gasteiger partial charge on any atom is 0.321 e. The van der Waals surface area contributed by atoms with Crippen molar-refractivity contribution in [3.8, 4) is 0 Å². The van der Waals surface area contributed by atoms with E-state index in [0.29, 0.717) is 16.7 Å². The monoisotopic (exact) mass is 334 g/mol. The van der Waals surface area contributed by atoms with Crippen LogP contribution in [0.25, 0.3) is 10.9 Å². The number of carbonyl (C=O) groups excluding carboxylic acids is 1. The van der Waals surface area contributed by atoms with E-state index in [2.05, 4.69) is 20.6 Å². The molecule has 0 unspecified atom stereocenters.